The molecule has 2 heterocycles. The largest absolute Gasteiger partial charge is 0.489 e. The van der Waals surface area contributed by atoms with E-state index in [1.54, 1.807) is 30.3 Å². The Morgan fingerprint density at radius 3 is 2.81 bits per heavy atom. The van der Waals surface area contributed by atoms with Gasteiger partial charge in [-0.2, -0.15) is 0 Å². The molecule has 0 unspecified atom stereocenters. The van der Waals surface area contributed by atoms with Crippen LogP contribution in [-0.4, -0.2) is 12.4 Å². The number of ketones is 1. The normalized spacial score (nSPS) is 15.6. The Morgan fingerprint density at radius 2 is 1.94 bits per heavy atom. The molecule has 0 saturated carbocycles. The molecule has 0 aromatic heterocycles. The summed E-state index contributed by atoms with van der Waals surface area (Å²) in [6, 6.07) is 16.9. The van der Waals surface area contributed by atoms with Gasteiger partial charge in [-0.25, -0.2) is 4.39 Å². The van der Waals surface area contributed by atoms with E-state index in [0.29, 0.717) is 34.3 Å². The predicted octanol–water partition coefficient (Wildman–Crippen LogP) is 5.99. The molecule has 154 valence electrons. The molecule has 3 aromatic carbocycles. The van der Waals surface area contributed by atoms with E-state index < -0.39 is 5.82 Å². The van der Waals surface area contributed by atoms with Gasteiger partial charge in [-0.05, 0) is 48.1 Å². The van der Waals surface area contributed by atoms with Crippen LogP contribution in [0.4, 0.5) is 4.39 Å². The zero-order valence-corrected chi connectivity index (χ0v) is 17.0. The van der Waals surface area contributed by atoms with Crippen LogP contribution < -0.4 is 14.2 Å². The summed E-state index contributed by atoms with van der Waals surface area (Å²) in [5, 5.41) is 0.294. The van der Waals surface area contributed by atoms with Crippen LogP contribution in [0.3, 0.4) is 0 Å². The number of carbonyl (C=O) groups is 1. The summed E-state index contributed by atoms with van der Waals surface area (Å²) in [4.78, 5) is 12.7. The van der Waals surface area contributed by atoms with Crippen molar-refractivity contribution in [1.82, 2.24) is 0 Å². The topological polar surface area (TPSA) is 44.8 Å². The third kappa shape index (κ3) is 3.92. The molecular weight excluding hydrogens is 419 g/mol. The van der Waals surface area contributed by atoms with Gasteiger partial charge in [-0.3, -0.25) is 4.79 Å². The monoisotopic (exact) mass is 434 g/mol. The van der Waals surface area contributed by atoms with Crippen LogP contribution in [0.5, 0.6) is 17.2 Å². The molecule has 0 N–H and O–H groups in total. The number of rotatable bonds is 4. The van der Waals surface area contributed by atoms with Crippen LogP contribution in [0.25, 0.3) is 6.08 Å². The van der Waals surface area contributed by atoms with Crippen LogP contribution in [0.15, 0.2) is 78.1 Å². The Morgan fingerprint density at radius 1 is 1.06 bits per heavy atom. The zero-order chi connectivity index (χ0) is 21.4. The van der Waals surface area contributed by atoms with Crippen molar-refractivity contribution < 1.29 is 23.4 Å². The average Bonchev–Trinajstić information content (AvgIpc) is 3.07. The lowest BCUT2D eigenvalue weighted by atomic mass is 10.1. The van der Waals surface area contributed by atoms with Gasteiger partial charge in [0.05, 0.1) is 10.6 Å². The van der Waals surface area contributed by atoms with Crippen LogP contribution in [0.2, 0.25) is 5.02 Å². The Hall–Kier alpha value is -3.57. The molecule has 0 bridgehead atoms. The Labute approximate surface area is 183 Å². The van der Waals surface area contributed by atoms with Crippen molar-refractivity contribution in [3.8, 4) is 17.2 Å². The summed E-state index contributed by atoms with van der Waals surface area (Å²) in [6.45, 7) is 0.526. The molecule has 6 heteroatoms. The fourth-order valence-electron chi connectivity index (χ4n) is 3.44. The lowest BCUT2D eigenvalue weighted by Gasteiger charge is -2.15. The smallest absolute Gasteiger partial charge is 0.231 e. The van der Waals surface area contributed by atoms with Crippen molar-refractivity contribution >= 4 is 23.5 Å². The fraction of sp³-hybridized carbons (Fsp3) is 0.0800. The first-order valence-corrected chi connectivity index (χ1v) is 10.0. The first-order valence-electron chi connectivity index (χ1n) is 9.64. The highest BCUT2D eigenvalue weighted by molar-refractivity contribution is 6.31. The molecule has 0 amide bonds. The van der Waals surface area contributed by atoms with Crippen molar-refractivity contribution in [3.05, 3.63) is 106 Å². The maximum absolute atomic E-state index is 13.2. The summed E-state index contributed by atoms with van der Waals surface area (Å²) in [5.74, 6) is 1.40. The molecule has 0 fully saturated rings. The molecule has 0 spiro atoms. The van der Waals surface area contributed by atoms with Gasteiger partial charge in [0.25, 0.3) is 0 Å². The van der Waals surface area contributed by atoms with Crippen molar-refractivity contribution in [2.24, 2.45) is 0 Å². The minimum absolute atomic E-state index is 0.165. The third-order valence-corrected chi connectivity index (χ3v) is 5.37. The van der Waals surface area contributed by atoms with E-state index in [-0.39, 0.29) is 18.1 Å². The number of fused-ring (bicyclic) bond motifs is 2. The van der Waals surface area contributed by atoms with Crippen molar-refractivity contribution in [1.29, 1.82) is 0 Å². The van der Waals surface area contributed by atoms with E-state index >= 15 is 0 Å². The summed E-state index contributed by atoms with van der Waals surface area (Å²) in [7, 11) is 0. The summed E-state index contributed by atoms with van der Waals surface area (Å²) in [5.41, 5.74) is 2.93. The highest BCUT2D eigenvalue weighted by Crippen LogP contribution is 2.36. The number of halogens is 2. The average molecular weight is 435 g/mol. The Kier molecular flexibility index (Phi) is 4.96. The fourth-order valence-corrected chi connectivity index (χ4v) is 3.66. The first-order chi connectivity index (χ1) is 15.1. The number of carbonyl (C=O) groups excluding carboxylic acids is 1. The minimum atomic E-state index is -0.403. The van der Waals surface area contributed by atoms with Crippen LogP contribution in [0.1, 0.15) is 21.5 Å². The lowest BCUT2D eigenvalue weighted by Crippen LogP contribution is -2.08. The van der Waals surface area contributed by atoms with Crippen molar-refractivity contribution in [2.45, 2.75) is 6.61 Å². The molecule has 0 aliphatic carbocycles. The van der Waals surface area contributed by atoms with Gasteiger partial charge in [-0.1, -0.05) is 35.9 Å². The second-order valence-electron chi connectivity index (χ2n) is 7.17. The van der Waals surface area contributed by atoms with Gasteiger partial charge in [0.1, 0.15) is 36.3 Å². The summed E-state index contributed by atoms with van der Waals surface area (Å²) >= 11 is 6.04. The van der Waals surface area contributed by atoms with Gasteiger partial charge >= 0.3 is 0 Å². The van der Waals surface area contributed by atoms with Gasteiger partial charge < -0.3 is 14.2 Å². The standard InChI is InChI=1S/C25H16ClFO4/c26-21-11-18(27)6-5-17(21)14-29-19-7-8-20-23(12-19)31-24(25(20)28)10-15-9-16-3-1-2-4-22(16)30-13-15/h1-12H,13-14H2/b24-10-. The molecule has 0 atom stereocenters. The predicted molar refractivity (Wildman–Crippen MR) is 115 cm³/mol. The molecular formula is C25H16ClFO4. The van der Waals surface area contributed by atoms with Crippen molar-refractivity contribution in [2.75, 3.05) is 6.61 Å². The quantitative estimate of drug-likeness (QED) is 0.473. The molecule has 2 aliphatic rings. The van der Waals surface area contributed by atoms with Crippen LogP contribution in [-0.2, 0) is 6.61 Å². The molecule has 5 rings (SSSR count). The maximum atomic E-state index is 13.2. The number of hydrogen-bond acceptors (Lipinski definition) is 4. The van der Waals surface area contributed by atoms with Crippen LogP contribution >= 0.6 is 11.6 Å². The number of allylic oxidation sites excluding steroid dienone is 1. The van der Waals surface area contributed by atoms with E-state index in [0.717, 1.165) is 16.9 Å². The van der Waals surface area contributed by atoms with Crippen LogP contribution in [0, 0.1) is 5.82 Å². The molecule has 0 saturated heterocycles. The summed E-state index contributed by atoms with van der Waals surface area (Å²) in [6.07, 6.45) is 3.68. The second-order valence-corrected chi connectivity index (χ2v) is 7.58. The zero-order valence-electron chi connectivity index (χ0n) is 16.2. The summed E-state index contributed by atoms with van der Waals surface area (Å²) < 4.78 is 30.5. The second kappa shape index (κ2) is 7.93. The SMILES string of the molecule is O=C1/C(=C/C2=Cc3ccccc3OC2)Oc2cc(OCc3ccc(F)cc3Cl)ccc21. The lowest BCUT2D eigenvalue weighted by molar-refractivity contribution is 0.101. The number of ether oxygens (including phenoxy) is 3. The molecule has 3 aromatic rings. The number of para-hydroxylation sites is 1. The highest BCUT2D eigenvalue weighted by atomic mass is 35.5. The molecule has 31 heavy (non-hydrogen) atoms. The van der Waals surface area contributed by atoms with E-state index in [1.165, 1.54) is 12.1 Å². The number of hydrogen-bond donors (Lipinski definition) is 0. The number of benzene rings is 3. The van der Waals surface area contributed by atoms with E-state index in [2.05, 4.69) is 0 Å². The Bertz CT molecular complexity index is 1260. The van der Waals surface area contributed by atoms with Gasteiger partial charge in [0.15, 0.2) is 5.76 Å². The minimum Gasteiger partial charge on any atom is -0.489 e. The van der Waals surface area contributed by atoms with Gasteiger partial charge in [0.2, 0.25) is 5.78 Å². The molecule has 0 radical (unpaired) electrons. The highest BCUT2D eigenvalue weighted by Gasteiger charge is 2.28. The Balaban J connectivity index is 1.33. The van der Waals surface area contributed by atoms with E-state index in [4.69, 9.17) is 25.8 Å². The van der Waals surface area contributed by atoms with E-state index in [1.807, 2.05) is 30.3 Å². The maximum Gasteiger partial charge on any atom is 0.231 e. The van der Waals surface area contributed by atoms with E-state index in [9.17, 15) is 9.18 Å². The van der Waals surface area contributed by atoms with Crippen molar-refractivity contribution in [3.63, 3.8) is 0 Å². The number of Topliss-reactive ketones (excluding diaryl/α,β-unsaturated/α-hetero) is 1. The first kappa shape index (κ1) is 19.4. The molecule has 4 nitrogen and oxygen atoms in total. The van der Waals surface area contributed by atoms with Gasteiger partial charge in [-0.15, -0.1) is 0 Å². The molecule has 2 aliphatic heterocycles. The third-order valence-electron chi connectivity index (χ3n) is 5.02. The van der Waals surface area contributed by atoms with Gasteiger partial charge in [0, 0.05) is 17.2 Å².